The number of carbonyl (C=O) groups is 2. The van der Waals surface area contributed by atoms with Gasteiger partial charge in [0, 0.05) is 22.6 Å². The molecule has 1 aliphatic carbocycles. The first-order valence-electron chi connectivity index (χ1n) is 6.25. The summed E-state index contributed by atoms with van der Waals surface area (Å²) in [6.07, 6.45) is 2.28. The van der Waals surface area contributed by atoms with E-state index in [1.807, 2.05) is 12.1 Å². The predicted molar refractivity (Wildman–Crippen MR) is 74.8 cm³/mol. The van der Waals surface area contributed by atoms with Crippen LogP contribution < -0.4 is 0 Å². The maximum absolute atomic E-state index is 12.4. The van der Waals surface area contributed by atoms with Gasteiger partial charge in [-0.15, -0.1) is 0 Å². The van der Waals surface area contributed by atoms with Gasteiger partial charge < -0.3 is 9.64 Å². The van der Waals surface area contributed by atoms with E-state index in [0.29, 0.717) is 12.1 Å². The molecule has 0 radical (unpaired) electrons. The molecule has 4 nitrogen and oxygen atoms in total. The van der Waals surface area contributed by atoms with Crippen LogP contribution in [0.1, 0.15) is 29.6 Å². The fraction of sp³-hybridized carbons (Fsp3) is 0.429. The van der Waals surface area contributed by atoms with Crippen molar-refractivity contribution in [2.75, 3.05) is 13.7 Å². The zero-order valence-electron chi connectivity index (χ0n) is 10.8. The third kappa shape index (κ3) is 3.80. The van der Waals surface area contributed by atoms with Crippen LogP contribution in [0.25, 0.3) is 0 Å². The summed E-state index contributed by atoms with van der Waals surface area (Å²) in [5.74, 6) is -0.298. The van der Waals surface area contributed by atoms with E-state index in [9.17, 15) is 9.59 Å². The molecule has 1 aromatic rings. The van der Waals surface area contributed by atoms with Crippen LogP contribution in [0.5, 0.6) is 0 Å². The van der Waals surface area contributed by atoms with E-state index in [-0.39, 0.29) is 24.3 Å². The monoisotopic (exact) mass is 325 g/mol. The van der Waals surface area contributed by atoms with Gasteiger partial charge in [-0.05, 0) is 37.1 Å². The molecule has 0 aromatic heterocycles. The van der Waals surface area contributed by atoms with Crippen LogP contribution in [0.15, 0.2) is 28.7 Å². The fourth-order valence-corrected chi connectivity index (χ4v) is 2.17. The molecule has 19 heavy (non-hydrogen) atoms. The quantitative estimate of drug-likeness (QED) is 0.782. The molecule has 0 heterocycles. The highest BCUT2D eigenvalue weighted by molar-refractivity contribution is 9.10. The molecule has 1 aliphatic rings. The number of carbonyl (C=O) groups excluding carboxylic acids is 2. The lowest BCUT2D eigenvalue weighted by molar-refractivity contribution is -0.140. The molecule has 0 unspecified atom stereocenters. The zero-order valence-corrected chi connectivity index (χ0v) is 12.4. The molecule has 1 fully saturated rings. The number of hydrogen-bond acceptors (Lipinski definition) is 3. The lowest BCUT2D eigenvalue weighted by atomic mass is 10.2. The van der Waals surface area contributed by atoms with E-state index in [1.54, 1.807) is 17.0 Å². The minimum absolute atomic E-state index is 0.0149. The molecule has 0 spiro atoms. The minimum atomic E-state index is -0.283. The number of methoxy groups -OCH3 is 1. The van der Waals surface area contributed by atoms with E-state index >= 15 is 0 Å². The van der Waals surface area contributed by atoms with Crippen molar-refractivity contribution in [2.24, 2.45) is 0 Å². The number of ether oxygens (including phenoxy) is 1. The van der Waals surface area contributed by atoms with Crippen molar-refractivity contribution in [1.29, 1.82) is 0 Å². The van der Waals surface area contributed by atoms with Crippen LogP contribution in [0.2, 0.25) is 0 Å². The highest BCUT2D eigenvalue weighted by Gasteiger charge is 2.33. The Balaban J connectivity index is 2.04. The van der Waals surface area contributed by atoms with Gasteiger partial charge in [0.05, 0.1) is 13.5 Å². The fourth-order valence-electron chi connectivity index (χ4n) is 1.91. The predicted octanol–water partition coefficient (Wildman–Crippen LogP) is 2.62. The minimum Gasteiger partial charge on any atom is -0.469 e. The molecule has 0 atom stereocenters. The summed E-state index contributed by atoms with van der Waals surface area (Å²) in [5.41, 5.74) is 0.653. The van der Waals surface area contributed by atoms with Gasteiger partial charge in [-0.25, -0.2) is 0 Å². The van der Waals surface area contributed by atoms with Crippen LogP contribution in [0.4, 0.5) is 0 Å². The van der Waals surface area contributed by atoms with Gasteiger partial charge in [0.1, 0.15) is 0 Å². The van der Waals surface area contributed by atoms with Crippen LogP contribution in [-0.2, 0) is 9.53 Å². The zero-order chi connectivity index (χ0) is 13.8. The van der Waals surface area contributed by atoms with Crippen molar-refractivity contribution in [2.45, 2.75) is 25.3 Å². The maximum atomic E-state index is 12.4. The summed E-state index contributed by atoms with van der Waals surface area (Å²) < 4.78 is 5.56. The van der Waals surface area contributed by atoms with E-state index < -0.39 is 0 Å². The third-order valence-electron chi connectivity index (χ3n) is 3.12. The standard InChI is InChI=1S/C14H16BrNO3/c1-19-13(17)8-9-16(12-6-7-12)14(18)10-2-4-11(15)5-3-10/h2-5,12H,6-9H2,1H3. The van der Waals surface area contributed by atoms with Crippen LogP contribution in [0.3, 0.4) is 0 Å². The van der Waals surface area contributed by atoms with E-state index in [4.69, 9.17) is 0 Å². The highest BCUT2D eigenvalue weighted by atomic mass is 79.9. The molecular formula is C14H16BrNO3. The molecular weight excluding hydrogens is 310 g/mol. The summed E-state index contributed by atoms with van der Waals surface area (Å²) in [6, 6.07) is 7.55. The Hall–Kier alpha value is -1.36. The lowest BCUT2D eigenvalue weighted by Crippen LogP contribution is -2.35. The number of benzene rings is 1. The van der Waals surface area contributed by atoms with Crippen LogP contribution in [-0.4, -0.2) is 36.5 Å². The summed E-state index contributed by atoms with van der Waals surface area (Å²) in [7, 11) is 1.36. The van der Waals surface area contributed by atoms with Gasteiger partial charge >= 0.3 is 5.97 Å². The molecule has 1 amide bonds. The number of nitrogens with zero attached hydrogens (tertiary/aromatic N) is 1. The van der Waals surface area contributed by atoms with E-state index in [2.05, 4.69) is 20.7 Å². The first kappa shape index (κ1) is 14.1. The smallest absolute Gasteiger partial charge is 0.307 e. The van der Waals surface area contributed by atoms with Gasteiger partial charge in [-0.1, -0.05) is 15.9 Å². The van der Waals surface area contributed by atoms with Crippen molar-refractivity contribution in [3.05, 3.63) is 34.3 Å². The second kappa shape index (κ2) is 6.19. The molecule has 5 heteroatoms. The summed E-state index contributed by atoms with van der Waals surface area (Å²) in [4.78, 5) is 25.4. The van der Waals surface area contributed by atoms with Gasteiger partial charge in [0.2, 0.25) is 0 Å². The van der Waals surface area contributed by atoms with Crippen LogP contribution in [0, 0.1) is 0 Å². The number of hydrogen-bond donors (Lipinski definition) is 0. The number of rotatable bonds is 5. The molecule has 0 aliphatic heterocycles. The topological polar surface area (TPSA) is 46.6 Å². The Bertz CT molecular complexity index is 468. The molecule has 0 bridgehead atoms. The molecule has 0 N–H and O–H groups in total. The number of esters is 1. The van der Waals surface area contributed by atoms with Crippen molar-refractivity contribution in [3.63, 3.8) is 0 Å². The normalized spacial score (nSPS) is 14.0. The van der Waals surface area contributed by atoms with E-state index in [1.165, 1.54) is 7.11 Å². The summed E-state index contributed by atoms with van der Waals surface area (Å²) >= 11 is 3.35. The van der Waals surface area contributed by atoms with Gasteiger partial charge in [-0.2, -0.15) is 0 Å². The molecule has 1 aromatic carbocycles. The van der Waals surface area contributed by atoms with Crippen LogP contribution >= 0.6 is 15.9 Å². The molecule has 1 saturated carbocycles. The van der Waals surface area contributed by atoms with Crippen molar-refractivity contribution in [1.82, 2.24) is 4.90 Å². The molecule has 102 valence electrons. The van der Waals surface area contributed by atoms with Crippen molar-refractivity contribution >= 4 is 27.8 Å². The Morgan fingerprint density at radius 1 is 1.32 bits per heavy atom. The summed E-state index contributed by atoms with van der Waals surface area (Å²) in [6.45, 7) is 0.423. The SMILES string of the molecule is COC(=O)CCN(C(=O)c1ccc(Br)cc1)C1CC1. The second-order valence-electron chi connectivity index (χ2n) is 4.56. The Morgan fingerprint density at radius 3 is 2.47 bits per heavy atom. The Labute approximate surface area is 120 Å². The second-order valence-corrected chi connectivity index (χ2v) is 5.48. The van der Waals surface area contributed by atoms with E-state index in [0.717, 1.165) is 17.3 Å². The molecule has 0 saturated heterocycles. The van der Waals surface area contributed by atoms with Gasteiger partial charge in [0.15, 0.2) is 0 Å². The third-order valence-corrected chi connectivity index (χ3v) is 3.65. The molecule has 2 rings (SSSR count). The first-order valence-corrected chi connectivity index (χ1v) is 7.04. The Morgan fingerprint density at radius 2 is 1.95 bits per heavy atom. The Kier molecular flexibility index (Phi) is 4.58. The van der Waals surface area contributed by atoms with Crippen molar-refractivity contribution in [3.8, 4) is 0 Å². The lowest BCUT2D eigenvalue weighted by Gasteiger charge is -2.22. The largest absolute Gasteiger partial charge is 0.469 e. The number of halogens is 1. The number of amides is 1. The van der Waals surface area contributed by atoms with Gasteiger partial charge in [-0.3, -0.25) is 9.59 Å². The van der Waals surface area contributed by atoms with Crippen molar-refractivity contribution < 1.29 is 14.3 Å². The highest BCUT2D eigenvalue weighted by Crippen LogP contribution is 2.28. The maximum Gasteiger partial charge on any atom is 0.307 e. The summed E-state index contributed by atoms with van der Waals surface area (Å²) in [5, 5.41) is 0. The van der Waals surface area contributed by atoms with Gasteiger partial charge in [0.25, 0.3) is 5.91 Å². The average molecular weight is 326 g/mol. The average Bonchev–Trinajstić information content (AvgIpc) is 3.24. The first-order chi connectivity index (χ1) is 9.11.